The van der Waals surface area contributed by atoms with Gasteiger partial charge in [0.05, 0.1) is 22.4 Å². The van der Waals surface area contributed by atoms with E-state index in [1.165, 1.54) is 23.3 Å². The zero-order chi connectivity index (χ0) is 13.5. The lowest BCUT2D eigenvalue weighted by atomic mass is 9.95. The predicted octanol–water partition coefficient (Wildman–Crippen LogP) is 3.52. The Hall–Kier alpha value is -2.08. The third kappa shape index (κ3) is 1.76. The molecule has 5 nitrogen and oxygen atoms in total. The van der Waals surface area contributed by atoms with Crippen molar-refractivity contribution in [2.24, 2.45) is 0 Å². The van der Waals surface area contributed by atoms with E-state index >= 15 is 0 Å². The third-order valence-corrected chi connectivity index (χ3v) is 4.74. The lowest BCUT2D eigenvalue weighted by Crippen LogP contribution is -1.99. The molecule has 3 aromatic rings. The highest BCUT2D eigenvalue weighted by molar-refractivity contribution is 7.16. The lowest BCUT2D eigenvalue weighted by Gasteiger charge is -2.10. The summed E-state index contributed by atoms with van der Waals surface area (Å²) in [5, 5.41) is 4.78. The summed E-state index contributed by atoms with van der Waals surface area (Å²) in [5.74, 6) is 1.04. The van der Waals surface area contributed by atoms with Gasteiger partial charge in [0, 0.05) is 4.88 Å². The fourth-order valence-electron chi connectivity index (χ4n) is 2.66. The SMILES string of the molecule is Nc1sc2c(c1-c1nc(-c3ccoc3)no1)CCCC2. The smallest absolute Gasteiger partial charge is 0.261 e. The molecular weight excluding hydrogens is 274 g/mol. The normalized spacial score (nSPS) is 14.4. The first-order chi connectivity index (χ1) is 9.83. The Morgan fingerprint density at radius 3 is 3.00 bits per heavy atom. The number of anilines is 1. The monoisotopic (exact) mass is 287 g/mol. The molecule has 1 aliphatic rings. The van der Waals surface area contributed by atoms with Crippen molar-refractivity contribution < 1.29 is 8.94 Å². The van der Waals surface area contributed by atoms with E-state index in [1.807, 2.05) is 0 Å². The third-order valence-electron chi connectivity index (χ3n) is 3.62. The highest BCUT2D eigenvalue weighted by atomic mass is 32.1. The Bertz CT molecular complexity index is 743. The zero-order valence-corrected chi connectivity index (χ0v) is 11.6. The van der Waals surface area contributed by atoms with Crippen LogP contribution in [0.5, 0.6) is 0 Å². The molecule has 0 aromatic carbocycles. The summed E-state index contributed by atoms with van der Waals surface area (Å²) < 4.78 is 10.4. The summed E-state index contributed by atoms with van der Waals surface area (Å²) in [4.78, 5) is 5.82. The predicted molar refractivity (Wildman–Crippen MR) is 76.4 cm³/mol. The van der Waals surface area contributed by atoms with Crippen molar-refractivity contribution in [3.63, 3.8) is 0 Å². The Morgan fingerprint density at radius 1 is 1.25 bits per heavy atom. The molecule has 0 saturated carbocycles. The molecule has 1 aliphatic carbocycles. The van der Waals surface area contributed by atoms with Crippen LogP contribution in [-0.2, 0) is 12.8 Å². The van der Waals surface area contributed by atoms with E-state index in [0.29, 0.717) is 11.7 Å². The van der Waals surface area contributed by atoms with Crippen LogP contribution < -0.4 is 5.73 Å². The largest absolute Gasteiger partial charge is 0.472 e. The van der Waals surface area contributed by atoms with Crippen LogP contribution in [0.4, 0.5) is 5.00 Å². The minimum Gasteiger partial charge on any atom is -0.472 e. The molecule has 0 atom stereocenters. The summed E-state index contributed by atoms with van der Waals surface area (Å²) in [6.45, 7) is 0. The summed E-state index contributed by atoms with van der Waals surface area (Å²) in [6, 6.07) is 1.81. The minimum atomic E-state index is 0.512. The first-order valence-electron chi connectivity index (χ1n) is 6.59. The van der Waals surface area contributed by atoms with Crippen LogP contribution in [0.3, 0.4) is 0 Å². The van der Waals surface area contributed by atoms with Gasteiger partial charge in [-0.1, -0.05) is 5.16 Å². The number of hydrogen-bond acceptors (Lipinski definition) is 6. The van der Waals surface area contributed by atoms with E-state index in [0.717, 1.165) is 29.0 Å². The second kappa shape index (κ2) is 4.49. The van der Waals surface area contributed by atoms with Crippen molar-refractivity contribution in [3.05, 3.63) is 29.0 Å². The van der Waals surface area contributed by atoms with E-state index in [1.54, 1.807) is 29.9 Å². The molecule has 0 radical (unpaired) electrons. The van der Waals surface area contributed by atoms with Gasteiger partial charge in [-0.05, 0) is 37.3 Å². The van der Waals surface area contributed by atoms with Crippen LogP contribution in [0.1, 0.15) is 23.3 Å². The minimum absolute atomic E-state index is 0.512. The fraction of sp³-hybridized carbons (Fsp3) is 0.286. The molecule has 0 bridgehead atoms. The van der Waals surface area contributed by atoms with Gasteiger partial charge < -0.3 is 14.7 Å². The quantitative estimate of drug-likeness (QED) is 0.780. The lowest BCUT2D eigenvalue weighted by molar-refractivity contribution is 0.432. The molecule has 0 aliphatic heterocycles. The van der Waals surface area contributed by atoms with Gasteiger partial charge in [-0.2, -0.15) is 4.98 Å². The van der Waals surface area contributed by atoms with Crippen molar-refractivity contribution in [2.75, 3.05) is 5.73 Å². The number of furan rings is 1. The maximum absolute atomic E-state index is 6.15. The highest BCUT2D eigenvalue weighted by Gasteiger charge is 2.24. The van der Waals surface area contributed by atoms with Gasteiger partial charge in [0.1, 0.15) is 6.26 Å². The molecule has 0 amide bonds. The topological polar surface area (TPSA) is 78.1 Å². The van der Waals surface area contributed by atoms with Crippen LogP contribution in [0.15, 0.2) is 27.5 Å². The maximum atomic E-state index is 6.15. The molecule has 0 fully saturated rings. The molecular formula is C14H13N3O2S. The Balaban J connectivity index is 1.80. The fourth-order valence-corrected chi connectivity index (χ4v) is 3.81. The Labute approximate surface area is 119 Å². The number of thiophene rings is 1. The zero-order valence-electron chi connectivity index (χ0n) is 10.8. The summed E-state index contributed by atoms with van der Waals surface area (Å²) in [5.41, 5.74) is 9.19. The summed E-state index contributed by atoms with van der Waals surface area (Å²) in [6.07, 6.45) is 7.76. The van der Waals surface area contributed by atoms with Gasteiger partial charge in [0.2, 0.25) is 5.82 Å². The molecule has 0 spiro atoms. The first-order valence-corrected chi connectivity index (χ1v) is 7.41. The van der Waals surface area contributed by atoms with Crippen LogP contribution in [-0.4, -0.2) is 10.1 Å². The first kappa shape index (κ1) is 11.7. The van der Waals surface area contributed by atoms with Crippen LogP contribution >= 0.6 is 11.3 Å². The maximum Gasteiger partial charge on any atom is 0.261 e. The number of rotatable bonds is 2. The van der Waals surface area contributed by atoms with Gasteiger partial charge in [0.25, 0.3) is 5.89 Å². The van der Waals surface area contributed by atoms with Crippen molar-refractivity contribution in [1.29, 1.82) is 0 Å². The number of nitrogens with zero attached hydrogens (tertiary/aromatic N) is 2. The van der Waals surface area contributed by atoms with Crippen molar-refractivity contribution in [1.82, 2.24) is 10.1 Å². The highest BCUT2D eigenvalue weighted by Crippen LogP contribution is 2.42. The molecule has 3 heterocycles. The molecule has 102 valence electrons. The molecule has 20 heavy (non-hydrogen) atoms. The number of aromatic nitrogens is 2. The average Bonchev–Trinajstić information content (AvgIpc) is 3.16. The second-order valence-corrected chi connectivity index (χ2v) is 6.02. The molecule has 6 heteroatoms. The van der Waals surface area contributed by atoms with Crippen molar-refractivity contribution >= 4 is 16.3 Å². The molecule has 2 N–H and O–H groups in total. The van der Waals surface area contributed by atoms with Crippen molar-refractivity contribution in [2.45, 2.75) is 25.7 Å². The summed E-state index contributed by atoms with van der Waals surface area (Å²) >= 11 is 1.65. The number of hydrogen-bond donors (Lipinski definition) is 1. The number of fused-ring (bicyclic) bond motifs is 1. The van der Waals surface area contributed by atoms with Gasteiger partial charge in [0.15, 0.2) is 0 Å². The second-order valence-electron chi connectivity index (χ2n) is 4.89. The van der Waals surface area contributed by atoms with Gasteiger partial charge in [-0.25, -0.2) is 0 Å². The van der Waals surface area contributed by atoms with E-state index < -0.39 is 0 Å². The van der Waals surface area contributed by atoms with E-state index in [9.17, 15) is 0 Å². The molecule has 0 saturated heterocycles. The molecule has 4 rings (SSSR count). The number of nitrogens with two attached hydrogens (primary N) is 1. The van der Waals surface area contributed by atoms with Gasteiger partial charge in [-0.15, -0.1) is 11.3 Å². The van der Waals surface area contributed by atoms with Gasteiger partial charge >= 0.3 is 0 Å². The Morgan fingerprint density at radius 2 is 2.15 bits per heavy atom. The Kier molecular flexibility index (Phi) is 2.63. The van der Waals surface area contributed by atoms with Crippen LogP contribution in [0.2, 0.25) is 0 Å². The molecule has 0 unspecified atom stereocenters. The molecule has 3 aromatic heterocycles. The van der Waals surface area contributed by atoms with Crippen LogP contribution in [0.25, 0.3) is 22.8 Å². The number of nitrogen functional groups attached to an aromatic ring is 1. The average molecular weight is 287 g/mol. The van der Waals surface area contributed by atoms with Gasteiger partial charge in [-0.3, -0.25) is 0 Å². The number of aryl methyl sites for hydroxylation is 1. The summed E-state index contributed by atoms with van der Waals surface area (Å²) in [7, 11) is 0. The van der Waals surface area contributed by atoms with Crippen LogP contribution in [0, 0.1) is 0 Å². The van der Waals surface area contributed by atoms with Crippen molar-refractivity contribution in [3.8, 4) is 22.8 Å². The van der Waals surface area contributed by atoms with E-state index in [4.69, 9.17) is 14.7 Å². The van der Waals surface area contributed by atoms with E-state index in [-0.39, 0.29) is 0 Å². The standard InChI is InChI=1S/C14H13N3O2S/c15-12-11(9-3-1-2-4-10(9)20-12)14-16-13(17-19-14)8-5-6-18-7-8/h5-7H,1-4,15H2. The van der Waals surface area contributed by atoms with E-state index in [2.05, 4.69) is 10.1 Å².